The quantitative estimate of drug-likeness (QED) is 0.736. The first kappa shape index (κ1) is 13.0. The highest BCUT2D eigenvalue weighted by molar-refractivity contribution is 5.96. The van der Waals surface area contributed by atoms with Gasteiger partial charge in [-0.05, 0) is 43.7 Å². The first-order valence-electron chi connectivity index (χ1n) is 5.94. The summed E-state index contributed by atoms with van der Waals surface area (Å²) in [6, 6.07) is 10.7. The molecule has 4 N–H and O–H groups in total. The van der Waals surface area contributed by atoms with Crippen molar-refractivity contribution in [3.8, 4) is 0 Å². The van der Waals surface area contributed by atoms with Crippen LogP contribution >= 0.6 is 0 Å². The van der Waals surface area contributed by atoms with E-state index in [-0.39, 0.29) is 5.56 Å². The Morgan fingerprint density at radius 2 is 1.84 bits per heavy atom. The summed E-state index contributed by atoms with van der Waals surface area (Å²) in [5.74, 6) is -0.979. The number of aryl methyl sites for hydroxylation is 2. The molecule has 0 aliphatic rings. The first-order valence-corrected chi connectivity index (χ1v) is 5.94. The lowest BCUT2D eigenvalue weighted by molar-refractivity contribution is 0.0698. The Morgan fingerprint density at radius 1 is 1.11 bits per heavy atom. The number of aromatic carboxylic acids is 1. The summed E-state index contributed by atoms with van der Waals surface area (Å²) in [7, 11) is 0. The van der Waals surface area contributed by atoms with Crippen LogP contribution in [0.15, 0.2) is 36.4 Å². The molecular weight excluding hydrogens is 240 g/mol. The Morgan fingerprint density at radius 3 is 2.47 bits per heavy atom. The minimum absolute atomic E-state index is 0.203. The summed E-state index contributed by atoms with van der Waals surface area (Å²) >= 11 is 0. The van der Waals surface area contributed by atoms with Crippen LogP contribution in [0.25, 0.3) is 0 Å². The lowest BCUT2D eigenvalue weighted by atomic mass is 10.1. The molecule has 0 fully saturated rings. The van der Waals surface area contributed by atoms with Crippen molar-refractivity contribution in [1.82, 2.24) is 0 Å². The maximum atomic E-state index is 11.2. The van der Waals surface area contributed by atoms with Crippen molar-refractivity contribution in [1.29, 1.82) is 0 Å². The normalized spacial score (nSPS) is 10.2. The van der Waals surface area contributed by atoms with Gasteiger partial charge in [-0.25, -0.2) is 4.79 Å². The number of carboxylic acids is 1. The van der Waals surface area contributed by atoms with E-state index < -0.39 is 5.97 Å². The van der Waals surface area contributed by atoms with Gasteiger partial charge < -0.3 is 16.2 Å². The number of anilines is 3. The molecule has 98 valence electrons. The largest absolute Gasteiger partial charge is 0.478 e. The van der Waals surface area contributed by atoms with Gasteiger partial charge in [0.05, 0.1) is 11.3 Å². The Labute approximate surface area is 111 Å². The fourth-order valence-corrected chi connectivity index (χ4v) is 1.95. The Kier molecular flexibility index (Phi) is 3.42. The van der Waals surface area contributed by atoms with Gasteiger partial charge in [-0.3, -0.25) is 0 Å². The van der Waals surface area contributed by atoms with Gasteiger partial charge in [0.2, 0.25) is 0 Å². The van der Waals surface area contributed by atoms with Crippen molar-refractivity contribution >= 4 is 23.0 Å². The smallest absolute Gasteiger partial charge is 0.337 e. The molecule has 2 aromatic rings. The topological polar surface area (TPSA) is 75.3 Å². The van der Waals surface area contributed by atoms with Crippen molar-refractivity contribution in [2.24, 2.45) is 0 Å². The van der Waals surface area contributed by atoms with Gasteiger partial charge in [-0.15, -0.1) is 0 Å². The van der Waals surface area contributed by atoms with Gasteiger partial charge in [0, 0.05) is 11.4 Å². The number of benzene rings is 2. The molecule has 4 heteroatoms. The minimum atomic E-state index is -0.979. The fourth-order valence-electron chi connectivity index (χ4n) is 1.95. The third kappa shape index (κ3) is 2.85. The zero-order chi connectivity index (χ0) is 14.0. The van der Waals surface area contributed by atoms with Crippen molar-refractivity contribution in [2.45, 2.75) is 13.8 Å². The monoisotopic (exact) mass is 256 g/mol. The van der Waals surface area contributed by atoms with Crippen LogP contribution in [0.3, 0.4) is 0 Å². The van der Waals surface area contributed by atoms with E-state index >= 15 is 0 Å². The zero-order valence-electron chi connectivity index (χ0n) is 10.9. The molecule has 0 bridgehead atoms. The maximum absolute atomic E-state index is 11.2. The van der Waals surface area contributed by atoms with Crippen LogP contribution in [-0.2, 0) is 0 Å². The van der Waals surface area contributed by atoms with Crippen LogP contribution in [0, 0.1) is 13.8 Å². The van der Waals surface area contributed by atoms with Crippen LogP contribution in [0.2, 0.25) is 0 Å². The standard InChI is InChI=1S/C15H16N2O2/c1-9-3-6-13(10(2)7-9)17-14-8-11(16)4-5-12(14)15(18)19/h3-8,17H,16H2,1-2H3,(H,18,19). The molecule has 0 aliphatic heterocycles. The highest BCUT2D eigenvalue weighted by Crippen LogP contribution is 2.26. The summed E-state index contributed by atoms with van der Waals surface area (Å²) in [4.78, 5) is 11.2. The molecule has 19 heavy (non-hydrogen) atoms. The van der Waals surface area contributed by atoms with Gasteiger partial charge in [-0.2, -0.15) is 0 Å². The lowest BCUT2D eigenvalue weighted by Crippen LogP contribution is -2.04. The summed E-state index contributed by atoms with van der Waals surface area (Å²) in [5.41, 5.74) is 10.0. The number of nitrogens with two attached hydrogens (primary N) is 1. The lowest BCUT2D eigenvalue weighted by Gasteiger charge is -2.13. The molecule has 0 saturated heterocycles. The third-order valence-corrected chi connectivity index (χ3v) is 2.93. The highest BCUT2D eigenvalue weighted by atomic mass is 16.4. The maximum Gasteiger partial charge on any atom is 0.337 e. The van der Waals surface area contributed by atoms with Gasteiger partial charge >= 0.3 is 5.97 Å². The number of nitrogens with one attached hydrogen (secondary N) is 1. The minimum Gasteiger partial charge on any atom is -0.478 e. The second kappa shape index (κ2) is 5.02. The summed E-state index contributed by atoms with van der Waals surface area (Å²) in [5, 5.41) is 12.3. The van der Waals surface area contributed by atoms with Gasteiger partial charge in [-0.1, -0.05) is 17.7 Å². The van der Waals surface area contributed by atoms with Gasteiger partial charge in [0.1, 0.15) is 0 Å². The molecule has 0 aliphatic carbocycles. The molecule has 4 nitrogen and oxygen atoms in total. The van der Waals surface area contributed by atoms with Crippen LogP contribution in [-0.4, -0.2) is 11.1 Å². The fraction of sp³-hybridized carbons (Fsp3) is 0.133. The number of carbonyl (C=O) groups is 1. The predicted octanol–water partition coefficient (Wildman–Crippen LogP) is 3.33. The van der Waals surface area contributed by atoms with E-state index in [4.69, 9.17) is 10.8 Å². The van der Waals surface area contributed by atoms with Crippen LogP contribution in [0.5, 0.6) is 0 Å². The van der Waals surface area contributed by atoms with Crippen molar-refractivity contribution in [3.05, 3.63) is 53.1 Å². The number of carboxylic acid groups (broad SMARTS) is 1. The van der Waals surface area contributed by atoms with Gasteiger partial charge in [0.25, 0.3) is 0 Å². The Bertz CT molecular complexity index is 636. The summed E-state index contributed by atoms with van der Waals surface area (Å²) in [6.45, 7) is 3.99. The average Bonchev–Trinajstić information content (AvgIpc) is 2.32. The Balaban J connectivity index is 2.42. The molecule has 0 aromatic heterocycles. The molecule has 0 amide bonds. The molecule has 2 rings (SSSR count). The van der Waals surface area contributed by atoms with E-state index in [1.807, 2.05) is 32.0 Å². The second-order valence-electron chi connectivity index (χ2n) is 4.55. The number of nitrogen functional groups attached to an aromatic ring is 1. The van der Waals surface area contributed by atoms with Crippen molar-refractivity contribution in [3.63, 3.8) is 0 Å². The average molecular weight is 256 g/mol. The Hall–Kier alpha value is -2.49. The molecule has 0 atom stereocenters. The summed E-state index contributed by atoms with van der Waals surface area (Å²) in [6.07, 6.45) is 0. The third-order valence-electron chi connectivity index (χ3n) is 2.93. The zero-order valence-corrected chi connectivity index (χ0v) is 10.9. The van der Waals surface area contributed by atoms with Crippen LogP contribution in [0.1, 0.15) is 21.5 Å². The van der Waals surface area contributed by atoms with Crippen LogP contribution in [0.4, 0.5) is 17.1 Å². The number of hydrogen-bond donors (Lipinski definition) is 3. The molecule has 0 unspecified atom stereocenters. The molecule has 0 heterocycles. The number of rotatable bonds is 3. The van der Waals surface area contributed by atoms with Crippen LogP contribution < -0.4 is 11.1 Å². The van der Waals surface area contributed by atoms with Gasteiger partial charge in [0.15, 0.2) is 0 Å². The predicted molar refractivity (Wildman–Crippen MR) is 77.0 cm³/mol. The SMILES string of the molecule is Cc1ccc(Nc2cc(N)ccc2C(=O)O)c(C)c1. The molecule has 2 aromatic carbocycles. The molecule has 0 saturated carbocycles. The number of hydrogen-bond acceptors (Lipinski definition) is 3. The molecule has 0 spiro atoms. The van der Waals surface area contributed by atoms with E-state index in [9.17, 15) is 4.79 Å². The molecular formula is C15H16N2O2. The molecule has 0 radical (unpaired) electrons. The van der Waals surface area contributed by atoms with Crippen molar-refractivity contribution in [2.75, 3.05) is 11.1 Å². The van der Waals surface area contributed by atoms with Crippen molar-refractivity contribution < 1.29 is 9.90 Å². The summed E-state index contributed by atoms with van der Waals surface area (Å²) < 4.78 is 0. The highest BCUT2D eigenvalue weighted by Gasteiger charge is 2.11. The van der Waals surface area contributed by atoms with E-state index in [2.05, 4.69) is 5.32 Å². The first-order chi connectivity index (χ1) is 8.97. The van der Waals surface area contributed by atoms with E-state index in [0.29, 0.717) is 11.4 Å². The second-order valence-corrected chi connectivity index (χ2v) is 4.55. The van der Waals surface area contributed by atoms with E-state index in [0.717, 1.165) is 16.8 Å². The van der Waals surface area contributed by atoms with E-state index in [1.54, 1.807) is 12.1 Å². The van der Waals surface area contributed by atoms with E-state index in [1.165, 1.54) is 6.07 Å².